The molecule has 0 unspecified atom stereocenters. The first-order valence-electron chi connectivity index (χ1n) is 11.1. The standard InChI is InChI=1S/C23H29F2N7/c1-2-26-23(27-11-8-22-30-29-21-5-3-4-12-32(21)22)28-18-9-13-31(14-10-18)16-17-6-7-19(24)20(25)15-17/h3-7,12,15,18H,2,8-11,13-14,16H2,1H3,(H2,26,27,28). The zero-order valence-corrected chi connectivity index (χ0v) is 18.3. The number of halogens is 2. The Labute approximate surface area is 186 Å². The Morgan fingerprint density at radius 3 is 2.75 bits per heavy atom. The Morgan fingerprint density at radius 2 is 1.97 bits per heavy atom. The van der Waals surface area contributed by atoms with Gasteiger partial charge in [-0.1, -0.05) is 12.1 Å². The quantitative estimate of drug-likeness (QED) is 0.436. The molecule has 0 spiro atoms. The average molecular weight is 442 g/mol. The lowest BCUT2D eigenvalue weighted by atomic mass is 10.0. The second kappa shape index (κ2) is 10.5. The predicted molar refractivity (Wildman–Crippen MR) is 120 cm³/mol. The predicted octanol–water partition coefficient (Wildman–Crippen LogP) is 2.77. The van der Waals surface area contributed by atoms with Crippen molar-refractivity contribution < 1.29 is 8.78 Å². The van der Waals surface area contributed by atoms with Crippen molar-refractivity contribution in [3.05, 3.63) is 65.6 Å². The molecule has 1 fully saturated rings. The molecule has 1 aliphatic rings. The SMILES string of the molecule is CCNC(=NCCc1nnc2ccccn12)NC1CCN(Cc2ccc(F)c(F)c2)CC1. The summed E-state index contributed by atoms with van der Waals surface area (Å²) < 4.78 is 28.6. The molecule has 2 aromatic heterocycles. The number of piperidine rings is 1. The number of likely N-dealkylation sites (tertiary alicyclic amines) is 1. The molecule has 3 aromatic rings. The fourth-order valence-electron chi connectivity index (χ4n) is 3.97. The summed E-state index contributed by atoms with van der Waals surface area (Å²) in [5.41, 5.74) is 1.64. The van der Waals surface area contributed by atoms with Gasteiger partial charge in [0.25, 0.3) is 0 Å². The Morgan fingerprint density at radius 1 is 1.12 bits per heavy atom. The molecule has 9 heteroatoms. The maximum atomic E-state index is 13.4. The fourth-order valence-corrected chi connectivity index (χ4v) is 3.97. The molecule has 3 heterocycles. The molecule has 0 bridgehead atoms. The highest BCUT2D eigenvalue weighted by Crippen LogP contribution is 2.16. The summed E-state index contributed by atoms with van der Waals surface area (Å²) in [6.45, 7) is 5.86. The van der Waals surface area contributed by atoms with E-state index in [1.54, 1.807) is 6.07 Å². The Balaban J connectivity index is 1.27. The van der Waals surface area contributed by atoms with E-state index in [0.29, 0.717) is 25.6 Å². The van der Waals surface area contributed by atoms with Crippen LogP contribution in [0, 0.1) is 11.6 Å². The van der Waals surface area contributed by atoms with Crippen molar-refractivity contribution in [2.45, 2.75) is 38.8 Å². The van der Waals surface area contributed by atoms with Crippen LogP contribution in [0.15, 0.2) is 47.6 Å². The first-order chi connectivity index (χ1) is 15.6. The third-order valence-electron chi connectivity index (χ3n) is 5.65. The van der Waals surface area contributed by atoms with Crippen LogP contribution in [0.2, 0.25) is 0 Å². The highest BCUT2D eigenvalue weighted by atomic mass is 19.2. The van der Waals surface area contributed by atoms with Gasteiger partial charge in [-0.15, -0.1) is 10.2 Å². The average Bonchev–Trinajstić information content (AvgIpc) is 3.21. The second-order valence-electron chi connectivity index (χ2n) is 8.00. The summed E-state index contributed by atoms with van der Waals surface area (Å²) in [4.78, 5) is 6.99. The van der Waals surface area contributed by atoms with E-state index in [-0.39, 0.29) is 0 Å². The monoisotopic (exact) mass is 441 g/mol. The number of aromatic nitrogens is 3. The zero-order valence-electron chi connectivity index (χ0n) is 18.3. The van der Waals surface area contributed by atoms with E-state index in [2.05, 4.69) is 25.7 Å². The number of guanidine groups is 1. The smallest absolute Gasteiger partial charge is 0.191 e. The second-order valence-corrected chi connectivity index (χ2v) is 8.00. The van der Waals surface area contributed by atoms with Crippen molar-refractivity contribution in [1.29, 1.82) is 0 Å². The van der Waals surface area contributed by atoms with Crippen LogP contribution in [0.25, 0.3) is 5.65 Å². The van der Waals surface area contributed by atoms with Gasteiger partial charge in [-0.2, -0.15) is 0 Å². The summed E-state index contributed by atoms with van der Waals surface area (Å²) in [5.74, 6) is 0.111. The summed E-state index contributed by atoms with van der Waals surface area (Å²) in [7, 11) is 0. The largest absolute Gasteiger partial charge is 0.357 e. The molecule has 0 atom stereocenters. The van der Waals surface area contributed by atoms with Crippen LogP contribution in [0.3, 0.4) is 0 Å². The van der Waals surface area contributed by atoms with Crippen LogP contribution in [-0.4, -0.2) is 57.7 Å². The number of aliphatic imine (C=N–C) groups is 1. The van der Waals surface area contributed by atoms with Crippen LogP contribution >= 0.6 is 0 Å². The number of hydrogen-bond acceptors (Lipinski definition) is 4. The van der Waals surface area contributed by atoms with Gasteiger partial charge in [0, 0.05) is 51.4 Å². The van der Waals surface area contributed by atoms with E-state index in [0.717, 1.165) is 55.5 Å². The number of nitrogens with one attached hydrogen (secondary N) is 2. The Bertz CT molecular complexity index is 1060. The van der Waals surface area contributed by atoms with Crippen molar-refractivity contribution in [3.8, 4) is 0 Å². The number of hydrogen-bond donors (Lipinski definition) is 2. The molecular formula is C23H29F2N7. The normalized spacial score (nSPS) is 15.9. The molecule has 2 N–H and O–H groups in total. The van der Waals surface area contributed by atoms with Crippen LogP contribution in [0.4, 0.5) is 8.78 Å². The minimum Gasteiger partial charge on any atom is -0.357 e. The first-order valence-corrected chi connectivity index (χ1v) is 11.1. The molecule has 1 aromatic carbocycles. The van der Waals surface area contributed by atoms with Crippen LogP contribution in [0.1, 0.15) is 31.2 Å². The van der Waals surface area contributed by atoms with E-state index in [1.807, 2.05) is 35.7 Å². The third kappa shape index (κ3) is 5.59. The molecule has 4 rings (SSSR count). The van der Waals surface area contributed by atoms with Crippen molar-refractivity contribution in [2.24, 2.45) is 4.99 Å². The lowest BCUT2D eigenvalue weighted by molar-refractivity contribution is 0.198. The lowest BCUT2D eigenvalue weighted by Crippen LogP contribution is -2.48. The van der Waals surface area contributed by atoms with Crippen LogP contribution in [-0.2, 0) is 13.0 Å². The van der Waals surface area contributed by atoms with Gasteiger partial charge in [-0.3, -0.25) is 14.3 Å². The van der Waals surface area contributed by atoms with Crippen LogP contribution in [0.5, 0.6) is 0 Å². The molecule has 170 valence electrons. The maximum Gasteiger partial charge on any atom is 0.191 e. The van der Waals surface area contributed by atoms with E-state index < -0.39 is 11.6 Å². The summed E-state index contributed by atoms with van der Waals surface area (Å²) >= 11 is 0. The highest BCUT2D eigenvalue weighted by Gasteiger charge is 2.20. The molecule has 0 amide bonds. The number of nitrogens with zero attached hydrogens (tertiary/aromatic N) is 5. The van der Waals surface area contributed by atoms with E-state index >= 15 is 0 Å². The summed E-state index contributed by atoms with van der Waals surface area (Å²) in [6.07, 6.45) is 4.59. The molecule has 0 aliphatic carbocycles. The van der Waals surface area contributed by atoms with Gasteiger partial charge in [-0.05, 0) is 49.6 Å². The summed E-state index contributed by atoms with van der Waals surface area (Å²) in [6, 6.07) is 10.3. The molecule has 1 aliphatic heterocycles. The van der Waals surface area contributed by atoms with Crippen molar-refractivity contribution in [3.63, 3.8) is 0 Å². The number of benzene rings is 1. The minimum atomic E-state index is -0.802. The van der Waals surface area contributed by atoms with Crippen molar-refractivity contribution in [1.82, 2.24) is 30.1 Å². The molecule has 1 saturated heterocycles. The van der Waals surface area contributed by atoms with E-state index in [1.165, 1.54) is 12.1 Å². The van der Waals surface area contributed by atoms with Gasteiger partial charge in [0.15, 0.2) is 23.2 Å². The Hall–Kier alpha value is -3.07. The summed E-state index contributed by atoms with van der Waals surface area (Å²) in [5, 5.41) is 15.3. The molecule has 7 nitrogen and oxygen atoms in total. The van der Waals surface area contributed by atoms with E-state index in [4.69, 9.17) is 4.99 Å². The number of fused-ring (bicyclic) bond motifs is 1. The van der Waals surface area contributed by atoms with Gasteiger partial charge in [0.2, 0.25) is 0 Å². The topological polar surface area (TPSA) is 69.8 Å². The fraction of sp³-hybridized carbons (Fsp3) is 0.435. The maximum absolute atomic E-state index is 13.4. The van der Waals surface area contributed by atoms with E-state index in [9.17, 15) is 8.78 Å². The Kier molecular flexibility index (Phi) is 7.26. The molecular weight excluding hydrogens is 412 g/mol. The number of rotatable bonds is 7. The molecule has 0 radical (unpaired) electrons. The lowest BCUT2D eigenvalue weighted by Gasteiger charge is -2.33. The molecule has 32 heavy (non-hydrogen) atoms. The minimum absolute atomic E-state index is 0.322. The van der Waals surface area contributed by atoms with Gasteiger partial charge in [0.1, 0.15) is 5.82 Å². The van der Waals surface area contributed by atoms with Gasteiger partial charge in [-0.25, -0.2) is 8.78 Å². The van der Waals surface area contributed by atoms with Crippen LogP contribution < -0.4 is 10.6 Å². The van der Waals surface area contributed by atoms with Gasteiger partial charge >= 0.3 is 0 Å². The first kappa shape index (κ1) is 22.1. The van der Waals surface area contributed by atoms with Gasteiger partial charge < -0.3 is 10.6 Å². The van der Waals surface area contributed by atoms with Crippen molar-refractivity contribution in [2.75, 3.05) is 26.2 Å². The van der Waals surface area contributed by atoms with Crippen molar-refractivity contribution >= 4 is 11.6 Å². The highest BCUT2D eigenvalue weighted by molar-refractivity contribution is 5.80. The van der Waals surface area contributed by atoms with Gasteiger partial charge in [0.05, 0.1) is 0 Å². The number of pyridine rings is 1. The zero-order chi connectivity index (χ0) is 22.3. The molecule has 0 saturated carbocycles. The third-order valence-corrected chi connectivity index (χ3v) is 5.65.